The van der Waals surface area contributed by atoms with E-state index in [1.165, 1.54) is 18.2 Å². The van der Waals surface area contributed by atoms with Crippen LogP contribution in [0.1, 0.15) is 5.56 Å². The predicted octanol–water partition coefficient (Wildman–Crippen LogP) is 2.18. The molecule has 38 heavy (non-hydrogen) atoms. The van der Waals surface area contributed by atoms with Crippen molar-refractivity contribution in [3.63, 3.8) is 0 Å². The second-order valence-corrected chi connectivity index (χ2v) is 8.43. The molecule has 0 bridgehead atoms. The third-order valence-electron chi connectivity index (χ3n) is 6.04. The Balaban J connectivity index is 1.29. The van der Waals surface area contributed by atoms with Gasteiger partial charge in [0, 0.05) is 37.8 Å². The van der Waals surface area contributed by atoms with Crippen molar-refractivity contribution in [2.24, 2.45) is 0 Å². The highest BCUT2D eigenvalue weighted by Crippen LogP contribution is 2.26. The fraction of sp³-hybridized carbons (Fsp3) is 0.200. The van der Waals surface area contributed by atoms with E-state index in [-0.39, 0.29) is 29.9 Å². The molecule has 4 aromatic rings. The number of nitrogens with two attached hydrogens (primary N) is 1. The van der Waals surface area contributed by atoms with Crippen LogP contribution >= 0.6 is 0 Å². The van der Waals surface area contributed by atoms with Gasteiger partial charge in [0.05, 0.1) is 34.5 Å². The van der Waals surface area contributed by atoms with Crippen molar-refractivity contribution in [2.45, 2.75) is 0 Å². The number of nitro groups is 1. The van der Waals surface area contributed by atoms with E-state index in [4.69, 9.17) is 20.7 Å². The second kappa shape index (κ2) is 10.3. The zero-order valence-electron chi connectivity index (χ0n) is 20.0. The lowest BCUT2D eigenvalue weighted by Crippen LogP contribution is -2.50. The van der Waals surface area contributed by atoms with Crippen LogP contribution in [0.4, 0.5) is 17.5 Å². The Bertz CT molecular complexity index is 1560. The molecule has 13 heteroatoms. The number of benzene rings is 2. The van der Waals surface area contributed by atoms with Crippen molar-refractivity contribution in [3.8, 4) is 23.1 Å². The summed E-state index contributed by atoms with van der Waals surface area (Å²) in [6.45, 7) is 1.52. The number of aromatic nitrogens is 4. The molecule has 1 saturated heterocycles. The van der Waals surface area contributed by atoms with Crippen molar-refractivity contribution in [1.29, 1.82) is 5.26 Å². The van der Waals surface area contributed by atoms with Gasteiger partial charge < -0.3 is 20.3 Å². The number of carbonyl (C=O) groups is 1. The van der Waals surface area contributed by atoms with E-state index in [1.807, 2.05) is 4.90 Å². The lowest BCUT2D eigenvalue weighted by atomic mass is 10.1. The summed E-state index contributed by atoms with van der Waals surface area (Å²) in [6.07, 6.45) is 1.60. The maximum Gasteiger partial charge on any atom is 0.273 e. The number of ether oxygens (including phenoxy) is 1. The molecule has 2 N–H and O–H groups in total. The Hall–Kier alpha value is -5.38. The van der Waals surface area contributed by atoms with Crippen LogP contribution in [0.5, 0.6) is 5.75 Å². The number of carbonyl (C=O) groups excluding carboxylic acids is 1. The van der Waals surface area contributed by atoms with E-state index < -0.39 is 4.92 Å². The van der Waals surface area contributed by atoms with Gasteiger partial charge in [-0.3, -0.25) is 14.9 Å². The third-order valence-corrected chi connectivity index (χ3v) is 6.04. The molecule has 5 rings (SSSR count). The van der Waals surface area contributed by atoms with Gasteiger partial charge in [0.1, 0.15) is 5.75 Å². The Labute approximate surface area is 216 Å². The Morgan fingerprint density at radius 2 is 1.87 bits per heavy atom. The van der Waals surface area contributed by atoms with E-state index in [9.17, 15) is 14.9 Å². The number of nitrogen functional groups attached to an aromatic ring is 1. The fourth-order valence-corrected chi connectivity index (χ4v) is 4.08. The first-order valence-corrected chi connectivity index (χ1v) is 11.6. The number of nitriles is 1. The molecule has 2 aromatic carbocycles. The molecule has 0 spiro atoms. The summed E-state index contributed by atoms with van der Waals surface area (Å²) in [5.74, 6) is 0.615. The number of rotatable bonds is 6. The number of amides is 1. The molecular weight excluding hydrogens is 490 g/mol. The number of fused-ring (bicyclic) bond motifs is 1. The second-order valence-electron chi connectivity index (χ2n) is 8.43. The minimum Gasteiger partial charge on any atom is -0.484 e. The van der Waals surface area contributed by atoms with Gasteiger partial charge >= 0.3 is 0 Å². The van der Waals surface area contributed by atoms with Crippen molar-refractivity contribution < 1.29 is 14.5 Å². The number of piperazine rings is 1. The molecule has 3 heterocycles. The molecule has 190 valence electrons. The molecule has 13 nitrogen and oxygen atoms in total. The number of non-ortho nitro benzene ring substituents is 1. The van der Waals surface area contributed by atoms with Crippen LogP contribution in [0, 0.1) is 21.4 Å². The van der Waals surface area contributed by atoms with E-state index in [0.717, 1.165) is 5.56 Å². The monoisotopic (exact) mass is 511 g/mol. The van der Waals surface area contributed by atoms with Gasteiger partial charge in [0.15, 0.2) is 23.6 Å². The van der Waals surface area contributed by atoms with Crippen molar-refractivity contribution >= 4 is 34.5 Å². The molecule has 0 radical (unpaired) electrons. The summed E-state index contributed by atoms with van der Waals surface area (Å²) >= 11 is 0. The van der Waals surface area contributed by atoms with Crippen LogP contribution < -0.4 is 15.4 Å². The average Bonchev–Trinajstić information content (AvgIpc) is 2.95. The summed E-state index contributed by atoms with van der Waals surface area (Å²) in [5.41, 5.74) is 8.61. The zero-order valence-corrected chi connectivity index (χ0v) is 20.0. The van der Waals surface area contributed by atoms with E-state index in [0.29, 0.717) is 54.4 Å². The smallest absolute Gasteiger partial charge is 0.273 e. The largest absolute Gasteiger partial charge is 0.484 e. The van der Waals surface area contributed by atoms with Crippen LogP contribution in [-0.4, -0.2) is 68.5 Å². The molecule has 2 aromatic heterocycles. The summed E-state index contributed by atoms with van der Waals surface area (Å²) in [6, 6.07) is 14.8. The van der Waals surface area contributed by atoms with Gasteiger partial charge in [0.25, 0.3) is 11.6 Å². The average molecular weight is 512 g/mol. The predicted molar refractivity (Wildman–Crippen MR) is 137 cm³/mol. The third kappa shape index (κ3) is 5.09. The minimum absolute atomic E-state index is 0.0665. The summed E-state index contributed by atoms with van der Waals surface area (Å²) in [4.78, 5) is 44.5. The molecular formula is C25H21N9O4. The Morgan fingerprint density at radius 3 is 2.58 bits per heavy atom. The summed E-state index contributed by atoms with van der Waals surface area (Å²) in [7, 11) is 0. The number of nitrogens with zero attached hydrogens (tertiary/aromatic N) is 8. The van der Waals surface area contributed by atoms with E-state index in [2.05, 4.69) is 21.0 Å². The topological polar surface area (TPSA) is 177 Å². The van der Waals surface area contributed by atoms with Gasteiger partial charge in [-0.1, -0.05) is 18.2 Å². The van der Waals surface area contributed by atoms with Gasteiger partial charge in [-0.15, -0.1) is 0 Å². The van der Waals surface area contributed by atoms with Crippen LogP contribution in [0.15, 0.2) is 54.7 Å². The molecule has 0 unspecified atom stereocenters. The normalized spacial score (nSPS) is 13.2. The van der Waals surface area contributed by atoms with E-state index in [1.54, 1.807) is 41.4 Å². The molecule has 0 atom stereocenters. The van der Waals surface area contributed by atoms with Gasteiger partial charge in [0.2, 0.25) is 5.95 Å². The molecule has 0 aliphatic carbocycles. The van der Waals surface area contributed by atoms with Crippen molar-refractivity contribution in [1.82, 2.24) is 24.8 Å². The maximum atomic E-state index is 12.7. The van der Waals surface area contributed by atoms with Crippen LogP contribution in [-0.2, 0) is 4.79 Å². The highest BCUT2D eigenvalue weighted by Gasteiger charge is 2.25. The van der Waals surface area contributed by atoms with Gasteiger partial charge in [-0.25, -0.2) is 9.97 Å². The molecule has 1 fully saturated rings. The molecule has 0 saturated carbocycles. The first kappa shape index (κ1) is 24.3. The lowest BCUT2D eigenvalue weighted by molar-refractivity contribution is -0.384. The zero-order chi connectivity index (χ0) is 26.6. The maximum absolute atomic E-state index is 12.7. The van der Waals surface area contributed by atoms with Gasteiger partial charge in [-0.05, 0) is 18.2 Å². The fourth-order valence-electron chi connectivity index (χ4n) is 4.08. The number of hydrogen-bond acceptors (Lipinski definition) is 11. The number of nitro benzene ring substituents is 1. The SMILES string of the molecule is N#Cc1ccc(-c2cnc3nc(N)nc(N4CCN(C(=O)COc5cccc([N+](=O)[O-])c5)CC4)c3n2)cc1. The first-order chi connectivity index (χ1) is 18.4. The summed E-state index contributed by atoms with van der Waals surface area (Å²) in [5, 5.41) is 20.0. The summed E-state index contributed by atoms with van der Waals surface area (Å²) < 4.78 is 5.48. The van der Waals surface area contributed by atoms with Gasteiger partial charge in [-0.2, -0.15) is 15.2 Å². The van der Waals surface area contributed by atoms with Crippen molar-refractivity contribution in [2.75, 3.05) is 43.4 Å². The number of anilines is 2. The van der Waals surface area contributed by atoms with Crippen molar-refractivity contribution in [3.05, 3.63) is 70.4 Å². The standard InChI is InChI=1S/C25H21N9O4/c26-13-16-4-6-17(7-5-16)20-14-28-23-22(29-20)24(31-25(27)30-23)33-10-8-32(9-11-33)21(35)15-38-19-3-1-2-18(12-19)34(36)37/h1-7,12,14H,8-11,15H2,(H2,27,28,30,31). The quantitative estimate of drug-likeness (QED) is 0.296. The van der Waals surface area contributed by atoms with Crippen LogP contribution in [0.2, 0.25) is 0 Å². The highest BCUT2D eigenvalue weighted by molar-refractivity contribution is 5.86. The first-order valence-electron chi connectivity index (χ1n) is 11.6. The molecule has 1 aliphatic heterocycles. The Morgan fingerprint density at radius 1 is 1.11 bits per heavy atom. The Kier molecular flexibility index (Phi) is 6.60. The van der Waals surface area contributed by atoms with Crippen LogP contribution in [0.25, 0.3) is 22.4 Å². The lowest BCUT2D eigenvalue weighted by Gasteiger charge is -2.35. The molecule has 1 aliphatic rings. The number of hydrogen-bond donors (Lipinski definition) is 1. The van der Waals surface area contributed by atoms with Crippen LogP contribution in [0.3, 0.4) is 0 Å². The highest BCUT2D eigenvalue weighted by atomic mass is 16.6. The molecule has 1 amide bonds. The van der Waals surface area contributed by atoms with E-state index >= 15 is 0 Å². The minimum atomic E-state index is -0.519.